The molecule has 1 aromatic rings. The fraction of sp³-hybridized carbons (Fsp3) is 0.400. The van der Waals surface area contributed by atoms with E-state index < -0.39 is 0 Å². The summed E-state index contributed by atoms with van der Waals surface area (Å²) >= 11 is 0. The van der Waals surface area contributed by atoms with Crippen LogP contribution >= 0.6 is 0 Å². The minimum Gasteiger partial charge on any atom is -0.352 e. The summed E-state index contributed by atoms with van der Waals surface area (Å²) in [6.07, 6.45) is 2.31. The number of rotatable bonds is 1. The Morgan fingerprint density at radius 3 is 2.71 bits per heavy atom. The third kappa shape index (κ3) is 2.06. The smallest absolute Gasteiger partial charge is 0.106 e. The fourth-order valence-electron chi connectivity index (χ4n) is 2.51. The number of hydrogen-bond donors (Lipinski definition) is 0. The van der Waals surface area contributed by atoms with Crippen LogP contribution in [0.2, 0.25) is 0 Å². The second-order valence-electron chi connectivity index (χ2n) is 4.72. The van der Waals surface area contributed by atoms with E-state index in [4.69, 9.17) is 5.26 Å². The first-order valence-electron chi connectivity index (χ1n) is 6.06. The van der Waals surface area contributed by atoms with Gasteiger partial charge in [0.1, 0.15) is 6.54 Å². The van der Waals surface area contributed by atoms with Gasteiger partial charge in [0.05, 0.1) is 6.07 Å². The number of nitrogens with zero attached hydrogens (tertiary/aromatic N) is 2. The minimum absolute atomic E-state index is 0.292. The first-order chi connectivity index (χ1) is 8.15. The molecular weight excluding hydrogens is 208 g/mol. The van der Waals surface area contributed by atoms with E-state index in [0.717, 1.165) is 0 Å². The highest BCUT2D eigenvalue weighted by molar-refractivity contribution is 5.60. The summed E-state index contributed by atoms with van der Waals surface area (Å²) in [5, 5.41) is 8.99. The number of anilines is 1. The summed E-state index contributed by atoms with van der Waals surface area (Å²) in [6, 6.07) is 11.0. The van der Waals surface area contributed by atoms with Crippen molar-refractivity contribution in [1.82, 2.24) is 0 Å². The molecule has 88 valence electrons. The van der Waals surface area contributed by atoms with Crippen LogP contribution in [-0.2, 0) is 0 Å². The second kappa shape index (κ2) is 4.63. The van der Waals surface area contributed by atoms with Gasteiger partial charge in [-0.15, -0.1) is 0 Å². The zero-order valence-electron chi connectivity index (χ0n) is 10.6. The number of allylic oxidation sites excluding steroid dienone is 1. The lowest BCUT2D eigenvalue weighted by Gasteiger charge is -2.29. The van der Waals surface area contributed by atoms with Gasteiger partial charge < -0.3 is 4.90 Å². The molecule has 0 saturated carbocycles. The summed E-state index contributed by atoms with van der Waals surface area (Å²) < 4.78 is 0. The molecule has 1 aliphatic heterocycles. The average molecular weight is 226 g/mol. The van der Waals surface area contributed by atoms with Gasteiger partial charge in [0.25, 0.3) is 0 Å². The molecule has 0 fully saturated rings. The molecule has 0 aromatic heterocycles. The first kappa shape index (κ1) is 11.7. The van der Waals surface area contributed by atoms with Crippen LogP contribution in [0.15, 0.2) is 35.9 Å². The molecule has 1 aliphatic rings. The van der Waals surface area contributed by atoms with Crippen molar-refractivity contribution in [1.29, 1.82) is 5.26 Å². The lowest BCUT2D eigenvalue weighted by molar-refractivity contribution is 0.752. The highest BCUT2D eigenvalue weighted by Gasteiger charge is 2.23. The Bertz CT molecular complexity index is 482. The lowest BCUT2D eigenvalue weighted by atomic mass is 9.98. The zero-order valence-corrected chi connectivity index (χ0v) is 10.6. The zero-order chi connectivity index (χ0) is 12.4. The maximum atomic E-state index is 8.99. The molecule has 0 amide bonds. The van der Waals surface area contributed by atoms with Crippen LogP contribution < -0.4 is 4.90 Å². The third-order valence-corrected chi connectivity index (χ3v) is 3.62. The molecule has 0 N–H and O–H groups in total. The Morgan fingerprint density at radius 2 is 2.00 bits per heavy atom. The van der Waals surface area contributed by atoms with Gasteiger partial charge in [0.2, 0.25) is 0 Å². The van der Waals surface area contributed by atoms with E-state index in [9.17, 15) is 0 Å². The van der Waals surface area contributed by atoms with Gasteiger partial charge in [0.15, 0.2) is 0 Å². The standard InChI is InChI=1S/C15H18N2/c1-11-10-12(2)14-6-4-5-7-15(14)17(9-8-16)13(11)3/h4-7,10,12-13H,9H2,1-3H3. The maximum absolute atomic E-state index is 8.99. The van der Waals surface area contributed by atoms with Crippen molar-refractivity contribution in [3.8, 4) is 6.07 Å². The third-order valence-electron chi connectivity index (χ3n) is 3.62. The second-order valence-corrected chi connectivity index (χ2v) is 4.72. The highest BCUT2D eigenvalue weighted by Crippen LogP contribution is 2.34. The number of nitriles is 1. The van der Waals surface area contributed by atoms with E-state index in [1.54, 1.807) is 0 Å². The lowest BCUT2D eigenvalue weighted by Crippen LogP contribution is -2.34. The van der Waals surface area contributed by atoms with Crippen LogP contribution in [0.1, 0.15) is 32.3 Å². The van der Waals surface area contributed by atoms with Crippen molar-refractivity contribution in [3.05, 3.63) is 41.5 Å². The van der Waals surface area contributed by atoms with Crippen LogP contribution in [-0.4, -0.2) is 12.6 Å². The molecule has 2 unspecified atom stereocenters. The van der Waals surface area contributed by atoms with E-state index in [2.05, 4.69) is 56.0 Å². The SMILES string of the molecule is CC1=CC(C)c2ccccc2N(CC#N)C1C. The Kier molecular flexibility index (Phi) is 3.19. The molecule has 17 heavy (non-hydrogen) atoms. The predicted octanol–water partition coefficient (Wildman–Crippen LogP) is 3.47. The van der Waals surface area contributed by atoms with E-state index >= 15 is 0 Å². The molecule has 0 bridgehead atoms. The van der Waals surface area contributed by atoms with Crippen molar-refractivity contribution >= 4 is 5.69 Å². The quantitative estimate of drug-likeness (QED) is 0.541. The molecule has 0 aliphatic carbocycles. The molecule has 2 nitrogen and oxygen atoms in total. The van der Waals surface area contributed by atoms with Crippen LogP contribution in [0.25, 0.3) is 0 Å². The number of para-hydroxylation sites is 1. The minimum atomic E-state index is 0.292. The molecule has 1 heterocycles. The van der Waals surface area contributed by atoms with Crippen LogP contribution in [0.5, 0.6) is 0 Å². The summed E-state index contributed by atoms with van der Waals surface area (Å²) in [7, 11) is 0. The molecule has 2 heteroatoms. The summed E-state index contributed by atoms with van der Waals surface area (Å²) in [5.74, 6) is 0.414. The van der Waals surface area contributed by atoms with E-state index in [0.29, 0.717) is 18.5 Å². The molecule has 0 spiro atoms. The van der Waals surface area contributed by atoms with Crippen LogP contribution in [0.4, 0.5) is 5.69 Å². The topological polar surface area (TPSA) is 27.0 Å². The van der Waals surface area contributed by atoms with Crippen molar-refractivity contribution < 1.29 is 0 Å². The Labute approximate surface area is 103 Å². The van der Waals surface area contributed by atoms with E-state index in [-0.39, 0.29) is 0 Å². The largest absolute Gasteiger partial charge is 0.352 e. The highest BCUT2D eigenvalue weighted by atomic mass is 15.2. The van der Waals surface area contributed by atoms with Gasteiger partial charge in [-0.05, 0) is 25.5 Å². The summed E-state index contributed by atoms with van der Waals surface area (Å²) in [6.45, 7) is 6.97. The Hall–Kier alpha value is -1.75. The summed E-state index contributed by atoms with van der Waals surface area (Å²) in [5.41, 5.74) is 3.84. The van der Waals surface area contributed by atoms with Gasteiger partial charge in [0, 0.05) is 17.6 Å². The van der Waals surface area contributed by atoms with Crippen molar-refractivity contribution in [2.45, 2.75) is 32.7 Å². The van der Waals surface area contributed by atoms with Crippen LogP contribution in [0, 0.1) is 11.3 Å². The van der Waals surface area contributed by atoms with Gasteiger partial charge in [-0.3, -0.25) is 0 Å². The molecule has 1 aromatic carbocycles. The average Bonchev–Trinajstić information content (AvgIpc) is 2.42. The van der Waals surface area contributed by atoms with Crippen molar-refractivity contribution in [2.75, 3.05) is 11.4 Å². The molecule has 2 atom stereocenters. The van der Waals surface area contributed by atoms with Gasteiger partial charge in [-0.25, -0.2) is 0 Å². The van der Waals surface area contributed by atoms with Gasteiger partial charge >= 0.3 is 0 Å². The Balaban J connectivity index is 2.55. The van der Waals surface area contributed by atoms with E-state index in [1.807, 2.05) is 6.07 Å². The Morgan fingerprint density at radius 1 is 1.29 bits per heavy atom. The van der Waals surface area contributed by atoms with Crippen molar-refractivity contribution in [3.63, 3.8) is 0 Å². The molecule has 0 radical (unpaired) electrons. The van der Waals surface area contributed by atoms with Gasteiger partial charge in [-0.1, -0.05) is 36.8 Å². The van der Waals surface area contributed by atoms with Crippen molar-refractivity contribution in [2.24, 2.45) is 0 Å². The van der Waals surface area contributed by atoms with Crippen LogP contribution in [0.3, 0.4) is 0 Å². The number of fused-ring (bicyclic) bond motifs is 1. The molecule has 2 rings (SSSR count). The van der Waals surface area contributed by atoms with Gasteiger partial charge in [-0.2, -0.15) is 5.26 Å². The molecule has 0 saturated heterocycles. The normalized spacial score (nSPS) is 23.4. The number of benzene rings is 1. The number of hydrogen-bond acceptors (Lipinski definition) is 2. The monoisotopic (exact) mass is 226 g/mol. The maximum Gasteiger partial charge on any atom is 0.106 e. The predicted molar refractivity (Wildman–Crippen MR) is 71.0 cm³/mol. The fourth-order valence-corrected chi connectivity index (χ4v) is 2.51. The van der Waals surface area contributed by atoms with E-state index in [1.165, 1.54) is 16.8 Å². The molecular formula is C15H18N2. The summed E-state index contributed by atoms with van der Waals surface area (Å²) in [4.78, 5) is 2.19. The first-order valence-corrected chi connectivity index (χ1v) is 6.06.